The van der Waals surface area contributed by atoms with Gasteiger partial charge in [0.25, 0.3) is 0 Å². The molecule has 0 saturated carbocycles. The van der Waals surface area contributed by atoms with Crippen LogP contribution in [0.3, 0.4) is 0 Å². The predicted octanol–water partition coefficient (Wildman–Crippen LogP) is 2.37. The third-order valence-electron chi connectivity index (χ3n) is 3.62. The summed E-state index contributed by atoms with van der Waals surface area (Å²) in [6.07, 6.45) is -5.50. The molecule has 1 N–H and O–H groups in total. The van der Waals surface area contributed by atoms with Gasteiger partial charge in [-0.05, 0) is 0 Å². The minimum atomic E-state index is -4.51. The Balaban J connectivity index is 1.84. The molecule has 1 aliphatic rings. The average Bonchev–Trinajstić information content (AvgIpc) is 2.99. The van der Waals surface area contributed by atoms with E-state index in [-0.39, 0.29) is 16.8 Å². The van der Waals surface area contributed by atoms with Crippen molar-refractivity contribution in [3.8, 4) is 5.88 Å². The number of aromatic nitrogens is 3. The van der Waals surface area contributed by atoms with Crippen molar-refractivity contribution in [3.63, 3.8) is 0 Å². The van der Waals surface area contributed by atoms with E-state index in [1.54, 1.807) is 0 Å². The molecule has 136 valence electrons. The fourth-order valence-corrected chi connectivity index (χ4v) is 2.48. The summed E-state index contributed by atoms with van der Waals surface area (Å²) in [5.41, 5.74) is 0.0127. The monoisotopic (exact) mass is 366 g/mol. The van der Waals surface area contributed by atoms with Crippen LogP contribution < -0.4 is 4.74 Å². The van der Waals surface area contributed by atoms with Crippen LogP contribution in [0, 0.1) is 0 Å². The first-order valence-electron chi connectivity index (χ1n) is 6.96. The number of pyridine rings is 1. The van der Waals surface area contributed by atoms with Gasteiger partial charge in [0.05, 0.1) is 24.8 Å². The lowest BCUT2D eigenvalue weighted by atomic mass is 10.2. The maximum Gasteiger partial charge on any atom is 0.408 e. The number of likely N-dealkylation sites (tertiary alicyclic amines) is 1. The summed E-state index contributed by atoms with van der Waals surface area (Å²) in [4.78, 5) is 15.1. The highest BCUT2D eigenvalue weighted by molar-refractivity contribution is 5.78. The Morgan fingerprint density at radius 2 is 2.12 bits per heavy atom. The molecule has 1 atom stereocenters. The lowest BCUT2D eigenvalue weighted by molar-refractivity contribution is -0.141. The number of rotatable bonds is 3. The summed E-state index contributed by atoms with van der Waals surface area (Å²) in [5.74, 6) is -3.78. The Hall–Kier alpha value is -2.66. The normalized spacial score (nSPS) is 20.2. The predicted molar refractivity (Wildman–Crippen MR) is 72.5 cm³/mol. The zero-order valence-corrected chi connectivity index (χ0v) is 12.4. The van der Waals surface area contributed by atoms with Crippen molar-refractivity contribution in [3.05, 3.63) is 18.5 Å². The lowest BCUT2D eigenvalue weighted by Crippen LogP contribution is -2.36. The zero-order chi connectivity index (χ0) is 18.4. The van der Waals surface area contributed by atoms with Crippen molar-refractivity contribution in [1.29, 1.82) is 0 Å². The first-order valence-corrected chi connectivity index (χ1v) is 6.96. The third-order valence-corrected chi connectivity index (χ3v) is 3.62. The maximum atomic E-state index is 13.8. The van der Waals surface area contributed by atoms with Gasteiger partial charge in [0.15, 0.2) is 6.10 Å². The number of halogens is 5. The summed E-state index contributed by atoms with van der Waals surface area (Å²) in [5, 5.41) is 12.7. The molecule has 0 aliphatic carbocycles. The summed E-state index contributed by atoms with van der Waals surface area (Å²) in [6, 6.07) is 1.06. The van der Waals surface area contributed by atoms with Crippen LogP contribution in [0.5, 0.6) is 5.88 Å². The van der Waals surface area contributed by atoms with Gasteiger partial charge in [-0.3, -0.25) is 9.58 Å². The first kappa shape index (κ1) is 17.2. The molecule has 0 radical (unpaired) electrons. The summed E-state index contributed by atoms with van der Waals surface area (Å²) in [6.45, 7) is -2.96. The molecule has 3 rings (SSSR count). The molecule has 0 aromatic carbocycles. The van der Waals surface area contributed by atoms with Crippen molar-refractivity contribution in [2.24, 2.45) is 0 Å². The van der Waals surface area contributed by atoms with E-state index < -0.39 is 43.9 Å². The molecule has 0 unspecified atom stereocenters. The van der Waals surface area contributed by atoms with Crippen molar-refractivity contribution < 1.29 is 36.6 Å². The second-order valence-corrected chi connectivity index (χ2v) is 5.53. The molecular formula is C13H11F5N4O3. The summed E-state index contributed by atoms with van der Waals surface area (Å²) < 4.78 is 71.0. The second-order valence-electron chi connectivity index (χ2n) is 5.53. The molecule has 1 fully saturated rings. The number of nitrogens with zero attached hydrogens (tertiary/aromatic N) is 4. The minimum absolute atomic E-state index is 0.0127. The van der Waals surface area contributed by atoms with Gasteiger partial charge in [0, 0.05) is 17.6 Å². The van der Waals surface area contributed by atoms with Gasteiger partial charge in [0.1, 0.15) is 6.54 Å². The molecule has 1 aliphatic heterocycles. The number of alkyl halides is 5. The van der Waals surface area contributed by atoms with E-state index in [0.717, 1.165) is 18.5 Å². The number of fused-ring (bicyclic) bond motifs is 1. The zero-order valence-electron chi connectivity index (χ0n) is 12.4. The van der Waals surface area contributed by atoms with Crippen LogP contribution in [-0.4, -0.2) is 62.2 Å². The fraction of sp³-hybridized carbons (Fsp3) is 0.462. The molecular weight excluding hydrogens is 355 g/mol. The van der Waals surface area contributed by atoms with Crippen LogP contribution in [0.25, 0.3) is 10.9 Å². The van der Waals surface area contributed by atoms with Gasteiger partial charge >= 0.3 is 18.2 Å². The van der Waals surface area contributed by atoms with E-state index in [1.165, 1.54) is 0 Å². The SMILES string of the molecule is O=C(O)N1C[C@H](Oc2cc3c(cn2)cnn3CC(F)(F)F)C(F)(F)C1. The van der Waals surface area contributed by atoms with Crippen LogP contribution >= 0.6 is 0 Å². The summed E-state index contributed by atoms with van der Waals surface area (Å²) >= 11 is 0. The number of carbonyl (C=O) groups is 1. The number of hydrogen-bond acceptors (Lipinski definition) is 4. The van der Waals surface area contributed by atoms with E-state index in [4.69, 9.17) is 9.84 Å². The minimum Gasteiger partial charge on any atom is -0.466 e. The lowest BCUT2D eigenvalue weighted by Gasteiger charge is -2.18. The van der Waals surface area contributed by atoms with Gasteiger partial charge in [-0.1, -0.05) is 0 Å². The number of hydrogen-bond donors (Lipinski definition) is 1. The van der Waals surface area contributed by atoms with Crippen LogP contribution in [-0.2, 0) is 6.54 Å². The van der Waals surface area contributed by atoms with E-state index in [2.05, 4.69) is 10.1 Å². The van der Waals surface area contributed by atoms with Crippen LogP contribution in [0.1, 0.15) is 0 Å². The highest BCUT2D eigenvalue weighted by atomic mass is 19.4. The van der Waals surface area contributed by atoms with Crippen molar-refractivity contribution in [2.75, 3.05) is 13.1 Å². The van der Waals surface area contributed by atoms with Crippen LogP contribution in [0.4, 0.5) is 26.7 Å². The Morgan fingerprint density at radius 1 is 1.40 bits per heavy atom. The largest absolute Gasteiger partial charge is 0.466 e. The summed E-state index contributed by atoms with van der Waals surface area (Å²) in [7, 11) is 0. The Labute approximate surface area is 136 Å². The standard InChI is InChI=1S/C13H11F5N4O3/c14-12(15)5-21(11(23)24)4-9(12)25-10-1-8-7(2-19-10)3-20-22(8)6-13(16,17)18/h1-3,9H,4-6H2,(H,23,24)/t9-/m0/s1. The van der Waals surface area contributed by atoms with Gasteiger partial charge < -0.3 is 9.84 Å². The van der Waals surface area contributed by atoms with Crippen molar-refractivity contribution >= 4 is 17.0 Å². The smallest absolute Gasteiger partial charge is 0.408 e. The third kappa shape index (κ3) is 3.56. The molecule has 1 amide bonds. The molecule has 2 aromatic heterocycles. The second kappa shape index (κ2) is 5.70. The van der Waals surface area contributed by atoms with Gasteiger partial charge in [0.2, 0.25) is 5.88 Å². The molecule has 1 saturated heterocycles. The highest BCUT2D eigenvalue weighted by Crippen LogP contribution is 2.31. The van der Waals surface area contributed by atoms with Crippen molar-refractivity contribution in [2.45, 2.75) is 24.7 Å². The molecule has 2 aromatic rings. The Bertz CT molecular complexity index is 807. The Morgan fingerprint density at radius 3 is 2.72 bits per heavy atom. The topological polar surface area (TPSA) is 80.5 Å². The van der Waals surface area contributed by atoms with Crippen LogP contribution in [0.2, 0.25) is 0 Å². The number of carboxylic acid groups (broad SMARTS) is 1. The molecule has 0 spiro atoms. The van der Waals surface area contributed by atoms with E-state index >= 15 is 0 Å². The van der Waals surface area contributed by atoms with Gasteiger partial charge in [-0.2, -0.15) is 18.3 Å². The van der Waals surface area contributed by atoms with E-state index in [1.807, 2.05) is 0 Å². The number of ether oxygens (including phenoxy) is 1. The van der Waals surface area contributed by atoms with E-state index in [9.17, 15) is 26.7 Å². The Kier molecular flexibility index (Phi) is 3.92. The quantitative estimate of drug-likeness (QED) is 0.844. The molecule has 7 nitrogen and oxygen atoms in total. The first-order chi connectivity index (χ1) is 11.5. The maximum absolute atomic E-state index is 13.8. The van der Waals surface area contributed by atoms with E-state index in [0.29, 0.717) is 9.58 Å². The van der Waals surface area contributed by atoms with Gasteiger partial charge in [-0.15, -0.1) is 0 Å². The molecule has 25 heavy (non-hydrogen) atoms. The molecule has 0 bridgehead atoms. The number of amides is 1. The average molecular weight is 366 g/mol. The fourth-order valence-electron chi connectivity index (χ4n) is 2.48. The van der Waals surface area contributed by atoms with Crippen LogP contribution in [0.15, 0.2) is 18.5 Å². The highest BCUT2D eigenvalue weighted by Gasteiger charge is 2.51. The van der Waals surface area contributed by atoms with Crippen molar-refractivity contribution in [1.82, 2.24) is 19.7 Å². The molecule has 3 heterocycles. The molecule has 12 heteroatoms. The van der Waals surface area contributed by atoms with Gasteiger partial charge in [-0.25, -0.2) is 18.6 Å².